The standard InChI is InChI=1S/C32H35ClN2O5S/c1-19(36)25-14-15-34-32(25,30(38)39)35(18-31(2,3)4)26-12-10-20(33)16-24(26)29(41-17-28(35)37)23-11-13-27(40-5)22-9-7-6-8-21(22)23/h6-13,16,25,29,34H,14-15,17-18H2,1-5H3/p+1/t25-,29?,32+,35+/m1/s1. The Bertz CT molecular complexity index is 1550. The predicted octanol–water partition coefficient (Wildman–Crippen LogP) is 6.20. The fraction of sp³-hybridized carbons (Fsp3) is 0.406. The Hall–Kier alpha value is -2.91. The monoisotopic (exact) mass is 595 g/mol. The highest BCUT2D eigenvalue weighted by Gasteiger charge is 2.71. The summed E-state index contributed by atoms with van der Waals surface area (Å²) < 4.78 is 5.13. The van der Waals surface area contributed by atoms with Crippen LogP contribution in [0.2, 0.25) is 5.02 Å². The molecule has 0 saturated carbocycles. The molecule has 0 radical (unpaired) electrons. The summed E-state index contributed by atoms with van der Waals surface area (Å²) in [6.45, 7) is 7.91. The van der Waals surface area contributed by atoms with Crippen LogP contribution in [-0.4, -0.2) is 54.4 Å². The summed E-state index contributed by atoms with van der Waals surface area (Å²) >= 11 is 8.10. The molecule has 1 saturated heterocycles. The average molecular weight is 596 g/mol. The van der Waals surface area contributed by atoms with Crippen molar-refractivity contribution in [3.05, 3.63) is 70.7 Å². The number of nitrogens with one attached hydrogen (secondary N) is 1. The van der Waals surface area contributed by atoms with Crippen LogP contribution in [0.1, 0.15) is 50.5 Å². The topological polar surface area (TPSA) is 92.7 Å². The number of carboxylic acids is 1. The zero-order valence-electron chi connectivity index (χ0n) is 24.0. The highest BCUT2D eigenvalue weighted by atomic mass is 35.5. The van der Waals surface area contributed by atoms with Gasteiger partial charge in [-0.15, -0.1) is 11.8 Å². The molecule has 216 valence electrons. The number of hydrogen-bond donors (Lipinski definition) is 2. The van der Waals surface area contributed by atoms with Gasteiger partial charge in [-0.25, -0.2) is 9.59 Å². The summed E-state index contributed by atoms with van der Waals surface area (Å²) in [5, 5.41) is 16.3. The minimum absolute atomic E-state index is 0.0503. The van der Waals surface area contributed by atoms with Crippen molar-refractivity contribution in [3.8, 4) is 5.75 Å². The van der Waals surface area contributed by atoms with Gasteiger partial charge in [-0.1, -0.05) is 62.7 Å². The van der Waals surface area contributed by atoms with Gasteiger partial charge in [0.25, 0.3) is 5.66 Å². The van der Waals surface area contributed by atoms with E-state index in [1.165, 1.54) is 18.7 Å². The highest BCUT2D eigenvalue weighted by Crippen LogP contribution is 2.54. The molecule has 5 rings (SSSR count). The lowest BCUT2D eigenvalue weighted by Gasteiger charge is -2.50. The molecule has 0 aromatic heterocycles. The maximum atomic E-state index is 14.8. The number of aliphatic carboxylic acids is 1. The molecule has 1 unspecified atom stereocenters. The largest absolute Gasteiger partial charge is 0.496 e. The van der Waals surface area contributed by atoms with E-state index in [9.17, 15) is 19.5 Å². The average Bonchev–Trinajstić information content (AvgIpc) is 3.34. The Morgan fingerprint density at radius 2 is 1.83 bits per heavy atom. The van der Waals surface area contributed by atoms with Gasteiger partial charge in [-0.05, 0) is 42.5 Å². The molecule has 4 atom stereocenters. The zero-order valence-corrected chi connectivity index (χ0v) is 25.6. The van der Waals surface area contributed by atoms with Crippen LogP contribution in [-0.2, 0) is 14.4 Å². The number of halogens is 1. The summed E-state index contributed by atoms with van der Waals surface area (Å²) in [6.07, 6.45) is 0.335. The van der Waals surface area contributed by atoms with Crippen LogP contribution in [0.25, 0.3) is 10.8 Å². The van der Waals surface area contributed by atoms with Crippen LogP contribution in [0.5, 0.6) is 5.75 Å². The molecule has 1 amide bonds. The van der Waals surface area contributed by atoms with Gasteiger partial charge in [0.1, 0.15) is 28.9 Å². The molecule has 7 nitrogen and oxygen atoms in total. The first-order valence-corrected chi connectivity index (χ1v) is 15.2. The van der Waals surface area contributed by atoms with Gasteiger partial charge in [-0.2, -0.15) is 4.48 Å². The molecule has 3 aromatic carbocycles. The smallest absolute Gasteiger partial charge is 0.384 e. The number of benzene rings is 3. The molecule has 0 spiro atoms. The molecule has 2 heterocycles. The van der Waals surface area contributed by atoms with E-state index in [2.05, 4.69) is 5.32 Å². The second-order valence-electron chi connectivity index (χ2n) is 12.2. The first-order chi connectivity index (χ1) is 19.4. The van der Waals surface area contributed by atoms with Crippen molar-refractivity contribution in [2.45, 2.75) is 45.0 Å². The van der Waals surface area contributed by atoms with E-state index >= 15 is 0 Å². The van der Waals surface area contributed by atoms with E-state index in [-0.39, 0.29) is 29.2 Å². The first kappa shape index (κ1) is 29.6. The van der Waals surface area contributed by atoms with Crippen LogP contribution in [0.4, 0.5) is 5.69 Å². The summed E-state index contributed by atoms with van der Waals surface area (Å²) in [4.78, 5) is 41.4. The lowest BCUT2D eigenvalue weighted by Crippen LogP contribution is -2.81. The molecule has 2 aliphatic rings. The summed E-state index contributed by atoms with van der Waals surface area (Å²) in [5.41, 5.74) is -0.0316. The third-order valence-corrected chi connectivity index (χ3v) is 9.85. The van der Waals surface area contributed by atoms with E-state index in [4.69, 9.17) is 16.3 Å². The van der Waals surface area contributed by atoms with E-state index in [0.717, 1.165) is 27.6 Å². The molecule has 0 aliphatic carbocycles. The highest BCUT2D eigenvalue weighted by molar-refractivity contribution is 8.00. The number of carboxylic acid groups (broad SMARTS) is 1. The van der Waals surface area contributed by atoms with Crippen LogP contribution >= 0.6 is 23.4 Å². The molecular formula is C32H36ClN2O5S+. The van der Waals surface area contributed by atoms with Crippen molar-refractivity contribution in [2.24, 2.45) is 11.3 Å². The zero-order chi connectivity index (χ0) is 29.7. The van der Waals surface area contributed by atoms with Gasteiger partial charge in [0.2, 0.25) is 0 Å². The number of methoxy groups -OCH3 is 1. The number of ketones is 1. The number of carbonyl (C=O) groups excluding carboxylic acids is 2. The fourth-order valence-electron chi connectivity index (χ4n) is 6.95. The van der Waals surface area contributed by atoms with E-state index in [1.54, 1.807) is 19.2 Å². The third kappa shape index (κ3) is 4.65. The van der Waals surface area contributed by atoms with Gasteiger partial charge in [-0.3, -0.25) is 10.1 Å². The quantitative estimate of drug-likeness (QED) is 0.328. The number of rotatable bonds is 6. The minimum Gasteiger partial charge on any atom is -0.496 e. The maximum Gasteiger partial charge on any atom is 0.384 e. The van der Waals surface area contributed by atoms with E-state index < -0.39 is 27.4 Å². The maximum absolute atomic E-state index is 14.8. The van der Waals surface area contributed by atoms with Crippen molar-refractivity contribution in [1.82, 2.24) is 9.80 Å². The number of ether oxygens (including phenoxy) is 1. The van der Waals surface area contributed by atoms with Crippen molar-refractivity contribution in [1.29, 1.82) is 0 Å². The Kier molecular flexibility index (Phi) is 7.74. The number of hydrogen-bond acceptors (Lipinski definition) is 6. The van der Waals surface area contributed by atoms with Gasteiger partial charge in [0.15, 0.2) is 0 Å². The molecule has 0 bridgehead atoms. The van der Waals surface area contributed by atoms with Crippen molar-refractivity contribution in [3.63, 3.8) is 0 Å². The van der Waals surface area contributed by atoms with Crippen LogP contribution in [0, 0.1) is 11.3 Å². The Morgan fingerprint density at radius 1 is 1.12 bits per heavy atom. The van der Waals surface area contributed by atoms with Crippen molar-refractivity contribution in [2.75, 3.05) is 26.0 Å². The number of amides is 1. The van der Waals surface area contributed by atoms with E-state index in [0.29, 0.717) is 23.7 Å². The Balaban J connectivity index is 1.88. The second-order valence-corrected chi connectivity index (χ2v) is 13.7. The molecule has 3 aromatic rings. The van der Waals surface area contributed by atoms with Crippen LogP contribution in [0.15, 0.2) is 54.6 Å². The summed E-state index contributed by atoms with van der Waals surface area (Å²) in [6, 6.07) is 17.3. The number of nitrogens with zero attached hydrogens (tertiary/aromatic N) is 1. The third-order valence-electron chi connectivity index (χ3n) is 8.36. The van der Waals surface area contributed by atoms with Crippen LogP contribution < -0.4 is 14.5 Å². The fourth-order valence-corrected chi connectivity index (χ4v) is 8.42. The number of thioether (sulfide) groups is 1. The SMILES string of the molecule is COc1ccc(C2SCC(=O)[N@@+](CC(C)(C)C)([C@@]3(C(=O)O)NCC[C@@H]3C(C)=O)c3ccc(Cl)cc32)c2ccccc12. The molecule has 2 N–H and O–H groups in total. The minimum atomic E-state index is -1.86. The second kappa shape index (κ2) is 10.7. The molecular weight excluding hydrogens is 560 g/mol. The molecule has 9 heteroatoms. The summed E-state index contributed by atoms with van der Waals surface area (Å²) in [7, 11) is 1.64. The lowest BCUT2D eigenvalue weighted by atomic mass is 9.81. The number of fused-ring (bicyclic) bond motifs is 2. The molecule has 2 aliphatic heterocycles. The van der Waals surface area contributed by atoms with Gasteiger partial charge in [0.05, 0.1) is 18.9 Å². The van der Waals surface area contributed by atoms with Gasteiger partial charge >= 0.3 is 11.9 Å². The Labute approximate surface area is 249 Å². The van der Waals surface area contributed by atoms with Crippen molar-refractivity contribution >= 4 is 57.5 Å². The number of Topliss-reactive ketones (excluding diaryl/α,β-unsaturated/α-hetero) is 1. The van der Waals surface area contributed by atoms with Crippen LogP contribution in [0.3, 0.4) is 0 Å². The molecule has 1 fully saturated rings. The molecule has 41 heavy (non-hydrogen) atoms. The van der Waals surface area contributed by atoms with Gasteiger partial charge in [0, 0.05) is 34.0 Å². The van der Waals surface area contributed by atoms with Gasteiger partial charge < -0.3 is 9.84 Å². The first-order valence-electron chi connectivity index (χ1n) is 13.7. The van der Waals surface area contributed by atoms with E-state index in [1.807, 2.05) is 63.2 Å². The summed E-state index contributed by atoms with van der Waals surface area (Å²) in [5.74, 6) is -1.80. The Morgan fingerprint density at radius 3 is 2.46 bits per heavy atom. The number of quaternary nitrogens is 1. The predicted molar refractivity (Wildman–Crippen MR) is 165 cm³/mol. The lowest BCUT2D eigenvalue weighted by molar-refractivity contribution is -0.166. The normalized spacial score (nSPS) is 26.4. The van der Waals surface area contributed by atoms with Crippen molar-refractivity contribution < 1.29 is 24.2 Å². The number of carbonyl (C=O) groups is 3.